The van der Waals surface area contributed by atoms with E-state index in [1.54, 1.807) is 38.0 Å². The fourth-order valence-corrected chi connectivity index (χ4v) is 6.77. The maximum Gasteiger partial charge on any atom is 0.257 e. The van der Waals surface area contributed by atoms with Crippen LogP contribution in [0, 0.1) is 0 Å². The predicted molar refractivity (Wildman–Crippen MR) is 143 cm³/mol. The number of rotatable bonds is 5. The number of ether oxygens (including phenoxy) is 4. The highest BCUT2D eigenvalue weighted by Gasteiger charge is 2.74. The third kappa shape index (κ3) is 2.92. The molecule has 4 aromatic rings. The van der Waals surface area contributed by atoms with Crippen LogP contribution in [0.3, 0.4) is 0 Å². The quantitative estimate of drug-likeness (QED) is 0.424. The molecule has 8 nitrogen and oxygen atoms in total. The number of nitrogens with zero attached hydrogens (tertiary/aromatic N) is 2. The van der Waals surface area contributed by atoms with Gasteiger partial charge in [-0.3, -0.25) is 9.36 Å². The van der Waals surface area contributed by atoms with E-state index in [1.807, 2.05) is 54.6 Å². The number of aromatic nitrogens is 2. The van der Waals surface area contributed by atoms with Crippen molar-refractivity contribution >= 4 is 0 Å². The van der Waals surface area contributed by atoms with Gasteiger partial charge in [-0.15, -0.1) is 0 Å². The van der Waals surface area contributed by atoms with Crippen LogP contribution in [0.15, 0.2) is 71.5 Å². The Hall–Kier alpha value is -4.30. The van der Waals surface area contributed by atoms with Crippen LogP contribution < -0.4 is 24.5 Å². The third-order valence-electron chi connectivity index (χ3n) is 8.42. The molecule has 0 fully saturated rings. The van der Waals surface area contributed by atoms with E-state index in [9.17, 15) is 9.90 Å². The minimum absolute atomic E-state index is 0.144. The number of fused-ring (bicyclic) bond motifs is 6. The van der Waals surface area contributed by atoms with Crippen molar-refractivity contribution in [3.8, 4) is 23.0 Å². The molecule has 198 valence electrons. The molecule has 3 heterocycles. The summed E-state index contributed by atoms with van der Waals surface area (Å²) in [6.07, 6.45) is 1.49. The van der Waals surface area contributed by atoms with Crippen molar-refractivity contribution in [3.63, 3.8) is 0 Å². The Morgan fingerprint density at radius 1 is 0.974 bits per heavy atom. The number of aryl methyl sites for hydroxylation is 1. The maximum absolute atomic E-state index is 14.2. The molecule has 0 saturated heterocycles. The van der Waals surface area contributed by atoms with E-state index >= 15 is 0 Å². The Labute approximate surface area is 225 Å². The molecule has 0 radical (unpaired) electrons. The molecule has 0 spiro atoms. The van der Waals surface area contributed by atoms with Crippen LogP contribution in [0.5, 0.6) is 23.0 Å². The van der Waals surface area contributed by atoms with E-state index in [0.29, 0.717) is 64.2 Å². The summed E-state index contributed by atoms with van der Waals surface area (Å²) >= 11 is 0. The van der Waals surface area contributed by atoms with E-state index in [2.05, 4.69) is 0 Å². The molecule has 3 aliphatic rings. The largest absolute Gasteiger partial charge is 0.497 e. The summed E-state index contributed by atoms with van der Waals surface area (Å²) in [6, 6.07) is 20.6. The minimum atomic E-state index is -1.85. The Balaban J connectivity index is 1.65. The second-order valence-corrected chi connectivity index (χ2v) is 10.2. The van der Waals surface area contributed by atoms with Gasteiger partial charge >= 0.3 is 0 Å². The third-order valence-corrected chi connectivity index (χ3v) is 8.42. The average Bonchev–Trinajstić information content (AvgIpc) is 3.62. The Morgan fingerprint density at radius 2 is 1.72 bits per heavy atom. The van der Waals surface area contributed by atoms with E-state index in [1.165, 1.54) is 0 Å². The van der Waals surface area contributed by atoms with Gasteiger partial charge in [-0.1, -0.05) is 42.5 Å². The molecule has 0 amide bonds. The molecule has 3 aromatic carbocycles. The van der Waals surface area contributed by atoms with Gasteiger partial charge in [0.1, 0.15) is 28.8 Å². The molecular weight excluding hydrogens is 496 g/mol. The zero-order valence-electron chi connectivity index (χ0n) is 21.9. The average molecular weight is 525 g/mol. The monoisotopic (exact) mass is 524 g/mol. The molecule has 0 bridgehead atoms. The molecular formula is C31H28N2O6. The number of methoxy groups -OCH3 is 3. The molecule has 0 saturated carbocycles. The zero-order valence-corrected chi connectivity index (χ0v) is 21.9. The Kier molecular flexibility index (Phi) is 5.09. The second-order valence-electron chi connectivity index (χ2n) is 10.2. The van der Waals surface area contributed by atoms with Gasteiger partial charge < -0.3 is 24.1 Å². The summed E-state index contributed by atoms with van der Waals surface area (Å²) in [7, 11) is 4.72. The van der Waals surface area contributed by atoms with Crippen LogP contribution in [0.25, 0.3) is 0 Å². The fraction of sp³-hybridized carbons (Fsp3) is 0.290. The van der Waals surface area contributed by atoms with Gasteiger partial charge in [0.15, 0.2) is 11.2 Å². The van der Waals surface area contributed by atoms with Crippen molar-refractivity contribution in [2.24, 2.45) is 0 Å². The highest BCUT2D eigenvalue weighted by atomic mass is 16.5. The van der Waals surface area contributed by atoms with Crippen LogP contribution in [-0.2, 0) is 24.2 Å². The van der Waals surface area contributed by atoms with Crippen molar-refractivity contribution < 1.29 is 24.1 Å². The molecule has 1 aromatic heterocycles. The molecule has 2 aliphatic heterocycles. The predicted octanol–water partition coefficient (Wildman–Crippen LogP) is 3.88. The smallest absolute Gasteiger partial charge is 0.257 e. The van der Waals surface area contributed by atoms with Gasteiger partial charge in [-0.05, 0) is 24.1 Å². The first-order valence-electron chi connectivity index (χ1n) is 13.0. The summed E-state index contributed by atoms with van der Waals surface area (Å²) in [4.78, 5) is 19.3. The number of aliphatic hydroxyl groups is 1. The first-order valence-corrected chi connectivity index (χ1v) is 13.0. The van der Waals surface area contributed by atoms with Crippen molar-refractivity contribution in [2.75, 3.05) is 21.3 Å². The summed E-state index contributed by atoms with van der Waals surface area (Å²) in [5.41, 5.74) is -0.762. The van der Waals surface area contributed by atoms with Crippen LogP contribution in [0.2, 0.25) is 0 Å². The molecule has 3 atom stereocenters. The highest BCUT2D eigenvalue weighted by molar-refractivity contribution is 5.68. The van der Waals surface area contributed by atoms with Gasteiger partial charge in [0.05, 0.1) is 44.1 Å². The van der Waals surface area contributed by atoms with Crippen LogP contribution in [0.1, 0.15) is 46.1 Å². The molecule has 1 N–H and O–H groups in total. The molecule has 1 aliphatic carbocycles. The molecule has 7 rings (SSSR count). The second kappa shape index (κ2) is 8.35. The molecule has 8 heteroatoms. The van der Waals surface area contributed by atoms with E-state index in [0.717, 1.165) is 12.0 Å². The zero-order chi connectivity index (χ0) is 26.9. The first-order chi connectivity index (χ1) is 19.0. The van der Waals surface area contributed by atoms with Crippen LogP contribution in [0.4, 0.5) is 0 Å². The van der Waals surface area contributed by atoms with Crippen molar-refractivity contribution in [1.29, 1.82) is 0 Å². The van der Waals surface area contributed by atoms with Gasteiger partial charge in [-0.2, -0.15) is 0 Å². The first kappa shape index (κ1) is 23.8. The van der Waals surface area contributed by atoms with Gasteiger partial charge in [-0.25, -0.2) is 4.98 Å². The molecule has 39 heavy (non-hydrogen) atoms. The summed E-state index contributed by atoms with van der Waals surface area (Å²) in [5, 5.41) is 13.2. The van der Waals surface area contributed by atoms with Crippen LogP contribution >= 0.6 is 0 Å². The number of benzene rings is 3. The maximum atomic E-state index is 14.2. The van der Waals surface area contributed by atoms with Crippen molar-refractivity contribution in [1.82, 2.24) is 9.55 Å². The van der Waals surface area contributed by atoms with Gasteiger partial charge in [0, 0.05) is 30.7 Å². The standard InChI is InChI=1S/C31H28N2O6/c1-36-20-13-11-19(12-14-20)31-26(18-8-5-4-6-9-18)25-28(32-24-10-7-15-33(24)29(25)34)30(31,35)27-22(38-3)16-21(37-2)17-23(27)39-31/h4-6,8-9,11-14,16-17,26,35H,7,10,15H2,1-3H3/t26-,30+,31+/m0/s1. The van der Waals surface area contributed by atoms with Crippen molar-refractivity contribution in [3.05, 3.63) is 111 Å². The topological polar surface area (TPSA) is 92.0 Å². The van der Waals surface area contributed by atoms with Gasteiger partial charge in [0.25, 0.3) is 5.56 Å². The van der Waals surface area contributed by atoms with E-state index < -0.39 is 17.1 Å². The normalized spacial score (nSPS) is 23.8. The number of hydrogen-bond acceptors (Lipinski definition) is 7. The Morgan fingerprint density at radius 3 is 2.41 bits per heavy atom. The van der Waals surface area contributed by atoms with E-state index in [-0.39, 0.29) is 5.56 Å². The molecule has 0 unspecified atom stereocenters. The lowest BCUT2D eigenvalue weighted by Gasteiger charge is -2.40. The summed E-state index contributed by atoms with van der Waals surface area (Å²) < 4.78 is 25.5. The Bertz CT molecular complexity index is 1670. The van der Waals surface area contributed by atoms with Crippen molar-refractivity contribution in [2.45, 2.75) is 36.5 Å². The fourth-order valence-electron chi connectivity index (χ4n) is 6.77. The SMILES string of the molecule is COc1ccc([C@]23Oc4cc(OC)cc(OC)c4[C@@]2(O)c2nc4n(c(=O)c2[C@@H]3c2ccccc2)CCC4)cc1. The lowest BCUT2D eigenvalue weighted by Crippen LogP contribution is -2.49. The summed E-state index contributed by atoms with van der Waals surface area (Å²) in [5.74, 6) is 2.00. The van der Waals surface area contributed by atoms with Gasteiger partial charge in [0.2, 0.25) is 0 Å². The van der Waals surface area contributed by atoms with Crippen LogP contribution in [-0.4, -0.2) is 36.0 Å². The lowest BCUT2D eigenvalue weighted by atomic mass is 9.70. The minimum Gasteiger partial charge on any atom is -0.497 e. The highest BCUT2D eigenvalue weighted by Crippen LogP contribution is 2.69. The lowest BCUT2D eigenvalue weighted by molar-refractivity contribution is -0.0910. The van der Waals surface area contributed by atoms with E-state index in [4.69, 9.17) is 23.9 Å². The summed E-state index contributed by atoms with van der Waals surface area (Å²) in [6.45, 7) is 0.599. The number of hydrogen-bond donors (Lipinski definition) is 1.